The number of methoxy groups -OCH3 is 1. The van der Waals surface area contributed by atoms with Gasteiger partial charge in [0.05, 0.1) is 28.9 Å². The van der Waals surface area contributed by atoms with E-state index in [1.54, 1.807) is 12.1 Å². The molecule has 0 bridgehead atoms. The van der Waals surface area contributed by atoms with E-state index < -0.39 is 11.9 Å². The highest BCUT2D eigenvalue weighted by molar-refractivity contribution is 6.34. The number of esters is 1. The molecule has 0 unspecified atom stereocenters. The maximum absolute atomic E-state index is 12.6. The summed E-state index contributed by atoms with van der Waals surface area (Å²) in [5, 5.41) is 12.9. The van der Waals surface area contributed by atoms with Gasteiger partial charge < -0.3 is 15.2 Å². The second-order valence-electron chi connectivity index (χ2n) is 5.74. The molecular weight excluding hydrogens is 366 g/mol. The molecule has 0 aromatic heterocycles. The minimum atomic E-state index is -0.525. The lowest BCUT2D eigenvalue weighted by Gasteiger charge is -2.11. The van der Waals surface area contributed by atoms with E-state index in [9.17, 15) is 14.7 Å². The van der Waals surface area contributed by atoms with Crippen LogP contribution in [0, 0.1) is 0 Å². The number of phenolic OH excluding ortho intramolecular Hbond substituents is 1. The van der Waals surface area contributed by atoms with Gasteiger partial charge in [-0.1, -0.05) is 48.0 Å². The molecule has 0 heterocycles. The Morgan fingerprint density at radius 2 is 1.70 bits per heavy atom. The first kappa shape index (κ1) is 18.5. The summed E-state index contributed by atoms with van der Waals surface area (Å²) in [6, 6.07) is 18.7. The number of halogens is 1. The fourth-order valence-electron chi connectivity index (χ4n) is 2.58. The Labute approximate surface area is 161 Å². The first-order chi connectivity index (χ1) is 13.0. The molecule has 0 fully saturated rings. The van der Waals surface area contributed by atoms with Crippen molar-refractivity contribution in [2.75, 3.05) is 12.4 Å². The van der Waals surface area contributed by atoms with Crippen LogP contribution < -0.4 is 5.32 Å². The van der Waals surface area contributed by atoms with Crippen molar-refractivity contribution in [3.05, 3.63) is 82.9 Å². The zero-order valence-electron chi connectivity index (χ0n) is 14.4. The van der Waals surface area contributed by atoms with Crippen molar-refractivity contribution >= 4 is 29.2 Å². The average Bonchev–Trinajstić information content (AvgIpc) is 2.69. The van der Waals surface area contributed by atoms with E-state index in [2.05, 4.69) is 10.1 Å². The van der Waals surface area contributed by atoms with Crippen LogP contribution in [0.1, 0.15) is 20.7 Å². The summed E-state index contributed by atoms with van der Waals surface area (Å²) in [7, 11) is 1.27. The van der Waals surface area contributed by atoms with Crippen LogP contribution in [0.25, 0.3) is 11.1 Å². The Morgan fingerprint density at radius 1 is 0.963 bits per heavy atom. The van der Waals surface area contributed by atoms with Gasteiger partial charge in [0, 0.05) is 0 Å². The van der Waals surface area contributed by atoms with E-state index >= 15 is 0 Å². The topological polar surface area (TPSA) is 75.6 Å². The van der Waals surface area contributed by atoms with Gasteiger partial charge in [-0.15, -0.1) is 0 Å². The van der Waals surface area contributed by atoms with Gasteiger partial charge in [0.1, 0.15) is 5.75 Å². The quantitative estimate of drug-likeness (QED) is 0.639. The van der Waals surface area contributed by atoms with Crippen LogP contribution in [0.3, 0.4) is 0 Å². The number of aromatic hydroxyl groups is 1. The highest BCUT2D eigenvalue weighted by Gasteiger charge is 2.15. The summed E-state index contributed by atoms with van der Waals surface area (Å²) in [4.78, 5) is 24.2. The Hall–Kier alpha value is -3.31. The molecule has 0 aliphatic heterocycles. The monoisotopic (exact) mass is 381 g/mol. The SMILES string of the molecule is COC(=O)c1ccc(NC(=O)c2cc(-c3ccccc3)ccc2O)c(Cl)c1. The highest BCUT2D eigenvalue weighted by atomic mass is 35.5. The van der Waals surface area contributed by atoms with Gasteiger partial charge in [0.2, 0.25) is 0 Å². The van der Waals surface area contributed by atoms with Crippen molar-refractivity contribution in [3.8, 4) is 16.9 Å². The number of ether oxygens (including phenoxy) is 1. The van der Waals surface area contributed by atoms with E-state index in [-0.39, 0.29) is 21.9 Å². The molecule has 0 atom stereocenters. The molecule has 0 aliphatic rings. The van der Waals surface area contributed by atoms with Crippen molar-refractivity contribution < 1.29 is 19.4 Å². The maximum atomic E-state index is 12.6. The summed E-state index contributed by atoms with van der Waals surface area (Å²) < 4.78 is 4.63. The first-order valence-corrected chi connectivity index (χ1v) is 8.45. The second-order valence-corrected chi connectivity index (χ2v) is 6.15. The van der Waals surface area contributed by atoms with Crippen molar-refractivity contribution in [1.82, 2.24) is 0 Å². The van der Waals surface area contributed by atoms with Gasteiger partial charge in [-0.05, 0) is 41.5 Å². The van der Waals surface area contributed by atoms with Crippen molar-refractivity contribution in [2.45, 2.75) is 0 Å². The van der Waals surface area contributed by atoms with Gasteiger partial charge in [-0.2, -0.15) is 0 Å². The van der Waals surface area contributed by atoms with Crippen LogP contribution >= 0.6 is 11.6 Å². The second kappa shape index (κ2) is 7.93. The zero-order chi connectivity index (χ0) is 19.4. The normalized spacial score (nSPS) is 10.3. The molecular formula is C21H16ClNO4. The number of carbonyl (C=O) groups is 2. The predicted octanol–water partition coefficient (Wildman–Crippen LogP) is 4.75. The molecule has 0 aliphatic carbocycles. The Kier molecular flexibility index (Phi) is 5.43. The number of hydrogen-bond acceptors (Lipinski definition) is 4. The van der Waals surface area contributed by atoms with Crippen molar-refractivity contribution in [1.29, 1.82) is 0 Å². The molecule has 3 aromatic rings. The van der Waals surface area contributed by atoms with Crippen LogP contribution in [0.15, 0.2) is 66.7 Å². The molecule has 0 radical (unpaired) electrons. The third-order valence-corrected chi connectivity index (χ3v) is 4.30. The number of hydrogen-bond donors (Lipinski definition) is 2. The molecule has 2 N–H and O–H groups in total. The van der Waals surface area contributed by atoms with Gasteiger partial charge >= 0.3 is 5.97 Å². The minimum Gasteiger partial charge on any atom is -0.507 e. The smallest absolute Gasteiger partial charge is 0.337 e. The lowest BCUT2D eigenvalue weighted by atomic mass is 10.0. The molecule has 0 saturated carbocycles. The average molecular weight is 382 g/mol. The Bertz CT molecular complexity index is 1000. The van der Waals surface area contributed by atoms with Gasteiger partial charge in [-0.3, -0.25) is 4.79 Å². The third kappa shape index (κ3) is 4.10. The number of benzene rings is 3. The fraction of sp³-hybridized carbons (Fsp3) is 0.0476. The summed E-state index contributed by atoms with van der Waals surface area (Å²) in [6.45, 7) is 0. The zero-order valence-corrected chi connectivity index (χ0v) is 15.2. The molecule has 0 spiro atoms. The molecule has 27 heavy (non-hydrogen) atoms. The summed E-state index contributed by atoms with van der Waals surface area (Å²) >= 11 is 6.14. The Morgan fingerprint density at radius 3 is 2.37 bits per heavy atom. The molecule has 1 amide bonds. The van der Waals surface area contributed by atoms with Crippen LogP contribution in [0.5, 0.6) is 5.75 Å². The first-order valence-electron chi connectivity index (χ1n) is 8.07. The van der Waals surface area contributed by atoms with E-state index in [1.807, 2.05) is 30.3 Å². The van der Waals surface area contributed by atoms with E-state index in [1.165, 1.54) is 31.4 Å². The van der Waals surface area contributed by atoms with E-state index in [4.69, 9.17) is 11.6 Å². The molecule has 5 nitrogen and oxygen atoms in total. The van der Waals surface area contributed by atoms with Crippen LogP contribution in [0.2, 0.25) is 5.02 Å². The number of rotatable bonds is 4. The van der Waals surface area contributed by atoms with E-state index in [0.717, 1.165) is 11.1 Å². The van der Waals surface area contributed by atoms with Gasteiger partial charge in [0.15, 0.2) is 0 Å². The van der Waals surface area contributed by atoms with Crippen LogP contribution in [-0.4, -0.2) is 24.1 Å². The molecule has 136 valence electrons. The summed E-state index contributed by atoms with van der Waals surface area (Å²) in [5.41, 5.74) is 2.43. The van der Waals surface area contributed by atoms with Crippen molar-refractivity contribution in [3.63, 3.8) is 0 Å². The maximum Gasteiger partial charge on any atom is 0.337 e. The third-order valence-electron chi connectivity index (χ3n) is 3.99. The van der Waals surface area contributed by atoms with Crippen LogP contribution in [0.4, 0.5) is 5.69 Å². The Balaban J connectivity index is 1.87. The summed E-state index contributed by atoms with van der Waals surface area (Å²) in [5.74, 6) is -1.18. The van der Waals surface area contributed by atoms with Crippen molar-refractivity contribution in [2.24, 2.45) is 0 Å². The largest absolute Gasteiger partial charge is 0.507 e. The number of phenols is 1. The lowest BCUT2D eigenvalue weighted by Crippen LogP contribution is -2.13. The number of nitrogens with one attached hydrogen (secondary N) is 1. The predicted molar refractivity (Wildman–Crippen MR) is 104 cm³/mol. The highest BCUT2D eigenvalue weighted by Crippen LogP contribution is 2.28. The standard InChI is InChI=1S/C21H16ClNO4/c1-27-21(26)15-7-9-18(17(22)12-15)23-20(25)16-11-14(8-10-19(16)24)13-5-3-2-4-6-13/h2-12,24H,1H3,(H,23,25). The summed E-state index contributed by atoms with van der Waals surface area (Å²) in [6.07, 6.45) is 0. The van der Waals surface area contributed by atoms with E-state index in [0.29, 0.717) is 5.69 Å². The fourth-order valence-corrected chi connectivity index (χ4v) is 2.81. The molecule has 3 rings (SSSR count). The number of anilines is 1. The molecule has 0 saturated heterocycles. The number of carbonyl (C=O) groups excluding carboxylic acids is 2. The molecule has 6 heteroatoms. The molecule has 3 aromatic carbocycles. The minimum absolute atomic E-state index is 0.115. The van der Waals surface area contributed by atoms with Gasteiger partial charge in [-0.25, -0.2) is 4.79 Å². The van der Waals surface area contributed by atoms with Crippen LogP contribution in [-0.2, 0) is 4.74 Å². The lowest BCUT2D eigenvalue weighted by molar-refractivity contribution is 0.0600. The number of amides is 1. The van der Waals surface area contributed by atoms with Gasteiger partial charge in [0.25, 0.3) is 5.91 Å².